The molecule has 112 valence electrons. The van der Waals surface area contributed by atoms with Gasteiger partial charge in [0.15, 0.2) is 0 Å². The highest BCUT2D eigenvalue weighted by Crippen LogP contribution is 2.28. The van der Waals surface area contributed by atoms with E-state index in [1.165, 1.54) is 0 Å². The van der Waals surface area contributed by atoms with Crippen LogP contribution in [-0.4, -0.2) is 50.5 Å². The second-order valence-corrected chi connectivity index (χ2v) is 5.63. The molecule has 1 saturated heterocycles. The molecular formula is C16H25NO3. The number of aryl methyl sites for hydroxylation is 1. The van der Waals surface area contributed by atoms with Gasteiger partial charge in [0.2, 0.25) is 0 Å². The normalized spacial score (nSPS) is 21.1. The summed E-state index contributed by atoms with van der Waals surface area (Å²) in [7, 11) is 3.39. The van der Waals surface area contributed by atoms with Gasteiger partial charge in [-0.3, -0.25) is 0 Å². The van der Waals surface area contributed by atoms with Crippen molar-refractivity contribution in [1.82, 2.24) is 4.90 Å². The number of methoxy groups -OCH3 is 2. The molecule has 20 heavy (non-hydrogen) atoms. The summed E-state index contributed by atoms with van der Waals surface area (Å²) >= 11 is 0. The van der Waals surface area contributed by atoms with Crippen LogP contribution in [0.2, 0.25) is 0 Å². The van der Waals surface area contributed by atoms with E-state index in [1.54, 1.807) is 14.2 Å². The van der Waals surface area contributed by atoms with E-state index in [0.717, 1.165) is 43.0 Å². The first-order chi connectivity index (χ1) is 9.63. The second-order valence-electron chi connectivity index (χ2n) is 5.63. The Kier molecular flexibility index (Phi) is 5.40. The van der Waals surface area contributed by atoms with Crippen LogP contribution in [0.25, 0.3) is 0 Å². The van der Waals surface area contributed by atoms with E-state index in [1.807, 2.05) is 25.1 Å². The third kappa shape index (κ3) is 3.72. The summed E-state index contributed by atoms with van der Waals surface area (Å²) in [5, 5.41) is 10.5. The van der Waals surface area contributed by atoms with Crippen LogP contribution >= 0.6 is 0 Å². The number of hydrogen-bond acceptors (Lipinski definition) is 4. The van der Waals surface area contributed by atoms with Gasteiger partial charge in [-0.15, -0.1) is 0 Å². The Hall–Kier alpha value is -1.10. The molecule has 0 saturated carbocycles. The average molecular weight is 279 g/mol. The van der Waals surface area contributed by atoms with Crippen LogP contribution in [0.5, 0.6) is 5.75 Å². The smallest absolute Gasteiger partial charge is 0.124 e. The summed E-state index contributed by atoms with van der Waals surface area (Å²) in [6.45, 7) is 5.51. The van der Waals surface area contributed by atoms with Gasteiger partial charge in [0, 0.05) is 25.8 Å². The van der Waals surface area contributed by atoms with Crippen molar-refractivity contribution >= 4 is 0 Å². The van der Waals surface area contributed by atoms with E-state index in [2.05, 4.69) is 4.90 Å². The molecule has 0 bridgehead atoms. The van der Waals surface area contributed by atoms with Crippen molar-refractivity contribution in [3.8, 4) is 5.75 Å². The van der Waals surface area contributed by atoms with Crippen LogP contribution in [0, 0.1) is 12.8 Å². The summed E-state index contributed by atoms with van der Waals surface area (Å²) in [5.74, 6) is 1.35. The lowest BCUT2D eigenvalue weighted by Gasteiger charge is -2.22. The van der Waals surface area contributed by atoms with Crippen molar-refractivity contribution in [3.63, 3.8) is 0 Å². The molecule has 2 unspecified atom stereocenters. The molecule has 1 aliphatic heterocycles. The fraction of sp³-hybridized carbons (Fsp3) is 0.625. The minimum Gasteiger partial charge on any atom is -0.496 e. The third-order valence-electron chi connectivity index (χ3n) is 3.95. The molecule has 1 aromatic carbocycles. The van der Waals surface area contributed by atoms with E-state index < -0.39 is 6.10 Å². The van der Waals surface area contributed by atoms with Crippen LogP contribution in [0.3, 0.4) is 0 Å². The minimum absolute atomic E-state index is 0.508. The maximum Gasteiger partial charge on any atom is 0.124 e. The zero-order valence-electron chi connectivity index (χ0n) is 12.6. The van der Waals surface area contributed by atoms with Gasteiger partial charge in [-0.05, 0) is 37.9 Å². The summed E-state index contributed by atoms with van der Waals surface area (Å²) < 4.78 is 10.6. The predicted molar refractivity (Wildman–Crippen MR) is 79.1 cm³/mol. The van der Waals surface area contributed by atoms with Crippen molar-refractivity contribution in [2.45, 2.75) is 19.4 Å². The summed E-state index contributed by atoms with van der Waals surface area (Å²) in [5.41, 5.74) is 2.02. The van der Waals surface area contributed by atoms with E-state index in [0.29, 0.717) is 12.5 Å². The van der Waals surface area contributed by atoms with Gasteiger partial charge in [0.05, 0.1) is 19.8 Å². The standard InChI is InChI=1S/C16H25NO3/c1-12-4-5-16(20-3)14(8-12)15(18)10-17-7-6-13(9-17)11-19-2/h4-5,8,13,15,18H,6-7,9-11H2,1-3H3. The number of ether oxygens (including phenoxy) is 2. The Labute approximate surface area is 121 Å². The number of hydrogen-bond donors (Lipinski definition) is 1. The van der Waals surface area contributed by atoms with Gasteiger partial charge >= 0.3 is 0 Å². The molecule has 0 aliphatic carbocycles. The lowest BCUT2D eigenvalue weighted by atomic mass is 10.0. The van der Waals surface area contributed by atoms with Crippen LogP contribution in [0.1, 0.15) is 23.7 Å². The highest BCUT2D eigenvalue weighted by atomic mass is 16.5. The summed E-state index contributed by atoms with van der Waals surface area (Å²) in [6, 6.07) is 5.93. The Bertz CT molecular complexity index is 436. The number of likely N-dealkylation sites (tertiary alicyclic amines) is 1. The summed E-state index contributed by atoms with van der Waals surface area (Å²) in [4.78, 5) is 2.30. The monoisotopic (exact) mass is 279 g/mol. The van der Waals surface area contributed by atoms with Crippen molar-refractivity contribution in [2.75, 3.05) is 40.5 Å². The van der Waals surface area contributed by atoms with Crippen LogP contribution in [0.4, 0.5) is 0 Å². The predicted octanol–water partition coefficient (Wildman–Crippen LogP) is 2.01. The fourth-order valence-corrected chi connectivity index (χ4v) is 2.91. The van der Waals surface area contributed by atoms with Gasteiger partial charge in [0.1, 0.15) is 5.75 Å². The SMILES string of the molecule is COCC1CCN(CC(O)c2cc(C)ccc2OC)C1. The third-order valence-corrected chi connectivity index (χ3v) is 3.95. The largest absolute Gasteiger partial charge is 0.496 e. The molecule has 1 N–H and O–H groups in total. The van der Waals surface area contributed by atoms with Crippen LogP contribution in [0.15, 0.2) is 18.2 Å². The number of aliphatic hydroxyl groups is 1. The molecule has 2 rings (SSSR count). The molecule has 4 heteroatoms. The topological polar surface area (TPSA) is 41.9 Å². The number of β-amino-alcohol motifs (C(OH)–C–C–N with tert-alkyl or cyclic N) is 1. The highest BCUT2D eigenvalue weighted by molar-refractivity contribution is 5.38. The number of nitrogens with zero attached hydrogens (tertiary/aromatic N) is 1. The number of benzene rings is 1. The first-order valence-corrected chi connectivity index (χ1v) is 7.18. The molecule has 1 aliphatic rings. The first kappa shape index (κ1) is 15.3. The molecule has 1 fully saturated rings. The van der Waals surface area contributed by atoms with Crippen molar-refractivity contribution in [2.24, 2.45) is 5.92 Å². The number of rotatable bonds is 6. The van der Waals surface area contributed by atoms with Gasteiger partial charge in [-0.1, -0.05) is 11.6 Å². The molecule has 1 heterocycles. The zero-order chi connectivity index (χ0) is 14.5. The van der Waals surface area contributed by atoms with E-state index >= 15 is 0 Å². The maximum absolute atomic E-state index is 10.5. The molecule has 0 spiro atoms. The van der Waals surface area contributed by atoms with Crippen molar-refractivity contribution < 1.29 is 14.6 Å². The minimum atomic E-state index is -0.508. The van der Waals surface area contributed by atoms with E-state index in [9.17, 15) is 5.11 Å². The number of aliphatic hydroxyl groups excluding tert-OH is 1. The lowest BCUT2D eigenvalue weighted by Crippen LogP contribution is -2.27. The zero-order valence-corrected chi connectivity index (χ0v) is 12.6. The quantitative estimate of drug-likeness (QED) is 0.865. The molecule has 4 nitrogen and oxygen atoms in total. The van der Waals surface area contributed by atoms with Gasteiger partial charge in [0.25, 0.3) is 0 Å². The maximum atomic E-state index is 10.5. The molecule has 0 amide bonds. The lowest BCUT2D eigenvalue weighted by molar-refractivity contribution is 0.113. The van der Waals surface area contributed by atoms with Crippen molar-refractivity contribution in [1.29, 1.82) is 0 Å². The Morgan fingerprint density at radius 3 is 2.90 bits per heavy atom. The van der Waals surface area contributed by atoms with E-state index in [4.69, 9.17) is 9.47 Å². The van der Waals surface area contributed by atoms with Crippen molar-refractivity contribution in [3.05, 3.63) is 29.3 Å². The van der Waals surface area contributed by atoms with Crippen LogP contribution in [-0.2, 0) is 4.74 Å². The Morgan fingerprint density at radius 1 is 1.40 bits per heavy atom. The molecule has 0 radical (unpaired) electrons. The van der Waals surface area contributed by atoms with Gasteiger partial charge < -0.3 is 19.5 Å². The molecule has 2 atom stereocenters. The highest BCUT2D eigenvalue weighted by Gasteiger charge is 2.25. The fourth-order valence-electron chi connectivity index (χ4n) is 2.91. The van der Waals surface area contributed by atoms with Gasteiger partial charge in [-0.25, -0.2) is 0 Å². The Balaban J connectivity index is 1.98. The average Bonchev–Trinajstić information content (AvgIpc) is 2.86. The second kappa shape index (κ2) is 7.07. The van der Waals surface area contributed by atoms with E-state index in [-0.39, 0.29) is 0 Å². The molecule has 1 aromatic rings. The first-order valence-electron chi connectivity index (χ1n) is 7.18. The molecular weight excluding hydrogens is 254 g/mol. The Morgan fingerprint density at radius 2 is 2.20 bits per heavy atom. The van der Waals surface area contributed by atoms with Gasteiger partial charge in [-0.2, -0.15) is 0 Å². The molecule has 0 aromatic heterocycles. The van der Waals surface area contributed by atoms with Crippen LogP contribution < -0.4 is 4.74 Å². The summed E-state index contributed by atoms with van der Waals surface area (Å²) in [6.07, 6.45) is 0.636.